The van der Waals surface area contributed by atoms with Crippen LogP contribution >= 0.6 is 11.6 Å². The third-order valence-electron chi connectivity index (χ3n) is 2.72. The van der Waals surface area contributed by atoms with Crippen LogP contribution < -0.4 is 5.32 Å². The minimum absolute atomic E-state index is 0.319. The van der Waals surface area contributed by atoms with Crippen LogP contribution in [0.3, 0.4) is 0 Å². The van der Waals surface area contributed by atoms with E-state index in [9.17, 15) is 9.50 Å². The summed E-state index contributed by atoms with van der Waals surface area (Å²) < 4.78 is 13.5. The standard InChI is InChI=1S/C14H21ClFNO/c1-10(2)7-14(3,18)9-17-8-11-12(15)5-4-6-13(11)16/h4-6,10,17-18H,7-9H2,1-3H3. The summed E-state index contributed by atoms with van der Waals surface area (Å²) >= 11 is 5.92. The molecule has 0 saturated carbocycles. The lowest BCUT2D eigenvalue weighted by molar-refractivity contribution is 0.0382. The SMILES string of the molecule is CC(C)CC(C)(O)CNCc1c(F)cccc1Cl. The number of aliphatic hydroxyl groups is 1. The second kappa shape index (κ2) is 6.50. The molecule has 0 bridgehead atoms. The van der Waals surface area contributed by atoms with Crippen LogP contribution in [-0.4, -0.2) is 17.3 Å². The van der Waals surface area contributed by atoms with Crippen LogP contribution in [0.25, 0.3) is 0 Å². The lowest BCUT2D eigenvalue weighted by Crippen LogP contribution is -2.38. The van der Waals surface area contributed by atoms with Crippen molar-refractivity contribution in [3.63, 3.8) is 0 Å². The minimum atomic E-state index is -0.786. The summed E-state index contributed by atoms with van der Waals surface area (Å²) in [5.74, 6) is 0.0948. The zero-order valence-electron chi connectivity index (χ0n) is 11.1. The van der Waals surface area contributed by atoms with Crippen LogP contribution in [-0.2, 0) is 6.54 Å². The van der Waals surface area contributed by atoms with Crippen molar-refractivity contribution in [2.75, 3.05) is 6.54 Å². The van der Waals surface area contributed by atoms with Crippen molar-refractivity contribution in [1.29, 1.82) is 0 Å². The second-order valence-corrected chi connectivity index (χ2v) is 5.81. The molecule has 2 nitrogen and oxygen atoms in total. The molecule has 1 atom stereocenters. The molecule has 0 spiro atoms. The van der Waals surface area contributed by atoms with Gasteiger partial charge in [-0.15, -0.1) is 0 Å². The first-order valence-corrected chi connectivity index (χ1v) is 6.55. The van der Waals surface area contributed by atoms with Gasteiger partial charge in [0.2, 0.25) is 0 Å². The maximum absolute atomic E-state index is 13.5. The predicted molar refractivity (Wildman–Crippen MR) is 73.2 cm³/mol. The zero-order valence-corrected chi connectivity index (χ0v) is 11.9. The Bertz CT molecular complexity index is 373. The molecule has 0 saturated heterocycles. The third kappa shape index (κ3) is 4.92. The van der Waals surface area contributed by atoms with Gasteiger partial charge < -0.3 is 10.4 Å². The van der Waals surface area contributed by atoms with E-state index in [1.54, 1.807) is 19.1 Å². The summed E-state index contributed by atoms with van der Waals surface area (Å²) in [6.07, 6.45) is 0.699. The van der Waals surface area contributed by atoms with Crippen molar-refractivity contribution in [3.05, 3.63) is 34.6 Å². The van der Waals surface area contributed by atoms with E-state index in [4.69, 9.17) is 11.6 Å². The average molecular weight is 274 g/mol. The molecule has 2 N–H and O–H groups in total. The van der Waals surface area contributed by atoms with Gasteiger partial charge in [-0.2, -0.15) is 0 Å². The topological polar surface area (TPSA) is 32.3 Å². The molecule has 4 heteroatoms. The van der Waals surface area contributed by atoms with Crippen LogP contribution in [0, 0.1) is 11.7 Å². The van der Waals surface area contributed by atoms with Crippen molar-refractivity contribution in [2.45, 2.75) is 39.3 Å². The highest BCUT2D eigenvalue weighted by Gasteiger charge is 2.21. The molecular weight excluding hydrogens is 253 g/mol. The van der Waals surface area contributed by atoms with Gasteiger partial charge in [-0.3, -0.25) is 0 Å². The van der Waals surface area contributed by atoms with Crippen molar-refractivity contribution in [1.82, 2.24) is 5.32 Å². The highest BCUT2D eigenvalue weighted by molar-refractivity contribution is 6.31. The first-order chi connectivity index (χ1) is 8.32. The molecule has 1 rings (SSSR count). The van der Waals surface area contributed by atoms with Crippen LogP contribution in [0.4, 0.5) is 4.39 Å². The van der Waals surface area contributed by atoms with Gasteiger partial charge >= 0.3 is 0 Å². The highest BCUT2D eigenvalue weighted by atomic mass is 35.5. The van der Waals surface area contributed by atoms with Gasteiger partial charge in [0.25, 0.3) is 0 Å². The smallest absolute Gasteiger partial charge is 0.129 e. The lowest BCUT2D eigenvalue weighted by Gasteiger charge is -2.25. The van der Waals surface area contributed by atoms with Gasteiger partial charge in [-0.25, -0.2) is 4.39 Å². The Morgan fingerprint density at radius 3 is 2.67 bits per heavy atom. The van der Waals surface area contributed by atoms with Gasteiger partial charge in [-0.1, -0.05) is 31.5 Å². The van der Waals surface area contributed by atoms with Crippen molar-refractivity contribution >= 4 is 11.6 Å². The maximum Gasteiger partial charge on any atom is 0.129 e. The van der Waals surface area contributed by atoms with Gasteiger partial charge in [-0.05, 0) is 31.4 Å². The largest absolute Gasteiger partial charge is 0.389 e. The molecule has 18 heavy (non-hydrogen) atoms. The van der Waals surface area contributed by atoms with Gasteiger partial charge in [0.1, 0.15) is 5.82 Å². The Morgan fingerprint density at radius 2 is 2.11 bits per heavy atom. The van der Waals surface area contributed by atoms with E-state index in [0.29, 0.717) is 36.0 Å². The van der Waals surface area contributed by atoms with Gasteiger partial charge in [0.05, 0.1) is 5.60 Å². The summed E-state index contributed by atoms with van der Waals surface area (Å²) in [5.41, 5.74) is -0.342. The van der Waals surface area contributed by atoms with Crippen molar-refractivity contribution in [3.8, 4) is 0 Å². The first kappa shape index (κ1) is 15.4. The minimum Gasteiger partial charge on any atom is -0.389 e. The Kier molecular flexibility index (Phi) is 5.57. The van der Waals surface area contributed by atoms with E-state index < -0.39 is 5.60 Å². The van der Waals surface area contributed by atoms with Crippen LogP contribution in [0.15, 0.2) is 18.2 Å². The maximum atomic E-state index is 13.5. The fourth-order valence-corrected chi connectivity index (χ4v) is 2.34. The molecule has 0 aromatic heterocycles. The fraction of sp³-hybridized carbons (Fsp3) is 0.571. The molecule has 102 valence electrons. The van der Waals surface area contributed by atoms with Crippen molar-refractivity contribution < 1.29 is 9.50 Å². The summed E-state index contributed by atoms with van der Waals surface area (Å²) in [6.45, 7) is 6.63. The molecule has 0 heterocycles. The zero-order chi connectivity index (χ0) is 13.8. The Balaban J connectivity index is 2.51. The summed E-state index contributed by atoms with van der Waals surface area (Å²) in [5, 5.41) is 13.6. The molecule has 0 amide bonds. The van der Waals surface area contributed by atoms with E-state index in [1.807, 2.05) is 0 Å². The molecule has 0 aliphatic heterocycles. The first-order valence-electron chi connectivity index (χ1n) is 6.18. The number of rotatable bonds is 6. The van der Waals surface area contributed by atoms with Crippen LogP contribution in [0.1, 0.15) is 32.8 Å². The van der Waals surface area contributed by atoms with E-state index in [-0.39, 0.29) is 5.82 Å². The molecule has 0 aliphatic carbocycles. The normalized spacial score (nSPS) is 14.8. The Morgan fingerprint density at radius 1 is 1.44 bits per heavy atom. The summed E-state index contributed by atoms with van der Waals surface area (Å²) in [7, 11) is 0. The molecule has 0 fully saturated rings. The quantitative estimate of drug-likeness (QED) is 0.833. The highest BCUT2D eigenvalue weighted by Crippen LogP contribution is 2.19. The predicted octanol–water partition coefficient (Wildman–Crippen LogP) is 3.37. The molecule has 1 aromatic rings. The molecule has 0 aliphatic rings. The number of hydrogen-bond donors (Lipinski definition) is 2. The number of hydrogen-bond acceptors (Lipinski definition) is 2. The number of nitrogens with one attached hydrogen (secondary N) is 1. The fourth-order valence-electron chi connectivity index (χ4n) is 2.11. The monoisotopic (exact) mass is 273 g/mol. The Labute approximate surface area is 113 Å². The molecular formula is C14H21ClFNO. The van der Waals surface area contributed by atoms with E-state index in [1.165, 1.54) is 6.07 Å². The van der Waals surface area contributed by atoms with Crippen LogP contribution in [0.2, 0.25) is 5.02 Å². The van der Waals surface area contributed by atoms with E-state index in [0.717, 1.165) is 0 Å². The lowest BCUT2D eigenvalue weighted by atomic mass is 9.94. The van der Waals surface area contributed by atoms with E-state index in [2.05, 4.69) is 19.2 Å². The van der Waals surface area contributed by atoms with E-state index >= 15 is 0 Å². The molecule has 0 radical (unpaired) electrons. The van der Waals surface area contributed by atoms with Crippen LogP contribution in [0.5, 0.6) is 0 Å². The molecule has 1 aromatic carbocycles. The van der Waals surface area contributed by atoms with Gasteiger partial charge in [0, 0.05) is 23.7 Å². The number of halogens is 2. The average Bonchev–Trinajstić information content (AvgIpc) is 2.20. The summed E-state index contributed by atoms with van der Waals surface area (Å²) in [6, 6.07) is 4.62. The summed E-state index contributed by atoms with van der Waals surface area (Å²) in [4.78, 5) is 0. The number of benzene rings is 1. The molecule has 1 unspecified atom stereocenters. The van der Waals surface area contributed by atoms with Crippen molar-refractivity contribution in [2.24, 2.45) is 5.92 Å². The second-order valence-electron chi connectivity index (χ2n) is 5.40. The third-order valence-corrected chi connectivity index (χ3v) is 3.07. The Hall–Kier alpha value is -0.640. The van der Waals surface area contributed by atoms with Gasteiger partial charge in [0.15, 0.2) is 0 Å².